The van der Waals surface area contributed by atoms with E-state index in [1.807, 2.05) is 0 Å². The zero-order valence-electron chi connectivity index (χ0n) is 14.3. The van der Waals surface area contributed by atoms with Crippen LogP contribution in [-0.2, 0) is 4.74 Å². The standard InChI is InChI=1S/C20H25NO2/c1-13-7-8-16-14(2)10-18(20(3,4)11-17(13)16)23-19(22)15-6-5-9-21-12-15/h5-6,9,12,16,18H,2,7-8,10-11H2,1,3-4H3/t16-,18+/m0/s1. The molecule has 3 rings (SSSR count). The highest BCUT2D eigenvalue weighted by Crippen LogP contribution is 2.49. The largest absolute Gasteiger partial charge is 0.458 e. The molecule has 3 nitrogen and oxygen atoms in total. The van der Waals surface area contributed by atoms with Gasteiger partial charge in [0.15, 0.2) is 0 Å². The lowest BCUT2D eigenvalue weighted by molar-refractivity contribution is -0.00590. The van der Waals surface area contributed by atoms with Crippen molar-refractivity contribution >= 4 is 5.97 Å². The van der Waals surface area contributed by atoms with Crippen LogP contribution in [0.2, 0.25) is 0 Å². The predicted octanol–water partition coefficient (Wildman–Crippen LogP) is 4.71. The summed E-state index contributed by atoms with van der Waals surface area (Å²) in [7, 11) is 0. The van der Waals surface area contributed by atoms with Crippen LogP contribution in [0.4, 0.5) is 0 Å². The molecular weight excluding hydrogens is 286 g/mol. The van der Waals surface area contributed by atoms with E-state index in [2.05, 4.69) is 32.3 Å². The van der Waals surface area contributed by atoms with Crippen LogP contribution in [0, 0.1) is 11.3 Å². The molecule has 2 aliphatic rings. The maximum absolute atomic E-state index is 12.4. The Morgan fingerprint density at radius 2 is 2.22 bits per heavy atom. The van der Waals surface area contributed by atoms with Crippen molar-refractivity contribution in [3.8, 4) is 0 Å². The van der Waals surface area contributed by atoms with Gasteiger partial charge in [-0.3, -0.25) is 4.98 Å². The summed E-state index contributed by atoms with van der Waals surface area (Å²) in [5, 5.41) is 0. The summed E-state index contributed by atoms with van der Waals surface area (Å²) in [5.74, 6) is 0.193. The molecule has 2 aliphatic carbocycles. The summed E-state index contributed by atoms with van der Waals surface area (Å²) < 4.78 is 5.88. The lowest BCUT2D eigenvalue weighted by atomic mass is 9.80. The number of carbonyl (C=O) groups excluding carboxylic acids is 1. The Hall–Kier alpha value is -1.90. The Labute approximate surface area is 138 Å². The molecule has 0 aromatic carbocycles. The van der Waals surface area contributed by atoms with Crippen LogP contribution in [0.15, 0.2) is 47.8 Å². The molecule has 1 heterocycles. The highest BCUT2D eigenvalue weighted by atomic mass is 16.5. The first kappa shape index (κ1) is 16.0. The number of nitrogens with zero attached hydrogens (tertiary/aromatic N) is 1. The number of pyridine rings is 1. The summed E-state index contributed by atoms with van der Waals surface area (Å²) in [5.41, 5.74) is 4.67. The van der Waals surface area contributed by atoms with E-state index < -0.39 is 0 Å². The smallest absolute Gasteiger partial charge is 0.340 e. The minimum absolute atomic E-state index is 0.0868. The molecule has 0 bridgehead atoms. The van der Waals surface area contributed by atoms with E-state index in [1.54, 1.807) is 24.5 Å². The summed E-state index contributed by atoms with van der Waals surface area (Å²) >= 11 is 0. The van der Waals surface area contributed by atoms with E-state index in [4.69, 9.17) is 4.74 Å². The SMILES string of the molecule is C=C1C[C@@H](OC(=O)c2cccnc2)C(C)(C)CC2=C(C)CC[C@@H]12. The first-order valence-corrected chi connectivity index (χ1v) is 8.35. The fraction of sp³-hybridized carbons (Fsp3) is 0.500. The van der Waals surface area contributed by atoms with Gasteiger partial charge in [-0.1, -0.05) is 37.1 Å². The van der Waals surface area contributed by atoms with Gasteiger partial charge < -0.3 is 4.74 Å². The van der Waals surface area contributed by atoms with Crippen molar-refractivity contribution in [2.24, 2.45) is 11.3 Å². The summed E-state index contributed by atoms with van der Waals surface area (Å²) in [6, 6.07) is 3.50. The molecule has 0 spiro atoms. The number of allylic oxidation sites excluding steroid dienone is 2. The van der Waals surface area contributed by atoms with Crippen molar-refractivity contribution in [2.75, 3.05) is 0 Å². The number of ether oxygens (including phenoxy) is 1. The molecule has 1 aromatic rings. The third kappa shape index (κ3) is 3.10. The molecule has 3 heteroatoms. The molecule has 0 N–H and O–H groups in total. The van der Waals surface area contributed by atoms with Gasteiger partial charge in [0.25, 0.3) is 0 Å². The molecule has 122 valence electrons. The molecule has 1 fully saturated rings. The molecule has 2 atom stereocenters. The van der Waals surface area contributed by atoms with Crippen LogP contribution in [0.1, 0.15) is 56.8 Å². The van der Waals surface area contributed by atoms with Gasteiger partial charge in [-0.25, -0.2) is 4.79 Å². The van der Waals surface area contributed by atoms with Gasteiger partial charge in [0.05, 0.1) is 5.56 Å². The maximum atomic E-state index is 12.4. The van der Waals surface area contributed by atoms with Crippen molar-refractivity contribution in [2.45, 2.75) is 52.6 Å². The Balaban J connectivity index is 1.83. The van der Waals surface area contributed by atoms with Gasteiger partial charge in [0.1, 0.15) is 6.10 Å². The molecule has 0 unspecified atom stereocenters. The normalized spacial score (nSPS) is 26.7. The number of esters is 1. The van der Waals surface area contributed by atoms with E-state index in [-0.39, 0.29) is 17.5 Å². The number of aromatic nitrogens is 1. The van der Waals surface area contributed by atoms with Gasteiger partial charge in [-0.2, -0.15) is 0 Å². The fourth-order valence-electron chi connectivity index (χ4n) is 3.86. The van der Waals surface area contributed by atoms with Crippen LogP contribution >= 0.6 is 0 Å². The Morgan fingerprint density at radius 3 is 2.91 bits per heavy atom. The molecule has 0 aliphatic heterocycles. The number of hydrogen-bond donors (Lipinski definition) is 0. The molecular formula is C20H25NO2. The van der Waals surface area contributed by atoms with Crippen molar-refractivity contribution in [1.29, 1.82) is 0 Å². The zero-order valence-corrected chi connectivity index (χ0v) is 14.3. The van der Waals surface area contributed by atoms with Gasteiger partial charge >= 0.3 is 5.97 Å². The van der Waals surface area contributed by atoms with Crippen molar-refractivity contribution in [3.63, 3.8) is 0 Å². The second-order valence-corrected chi connectivity index (χ2v) is 7.56. The molecule has 0 amide bonds. The van der Waals surface area contributed by atoms with Gasteiger partial charge in [-0.15, -0.1) is 0 Å². The van der Waals surface area contributed by atoms with E-state index in [1.165, 1.54) is 29.6 Å². The monoisotopic (exact) mass is 311 g/mol. The molecule has 23 heavy (non-hydrogen) atoms. The van der Waals surface area contributed by atoms with E-state index >= 15 is 0 Å². The Morgan fingerprint density at radius 1 is 1.43 bits per heavy atom. The van der Waals surface area contributed by atoms with E-state index in [0.29, 0.717) is 11.5 Å². The van der Waals surface area contributed by atoms with E-state index in [0.717, 1.165) is 12.8 Å². The lowest BCUT2D eigenvalue weighted by Crippen LogP contribution is -2.33. The predicted molar refractivity (Wildman–Crippen MR) is 91.0 cm³/mol. The van der Waals surface area contributed by atoms with Crippen molar-refractivity contribution < 1.29 is 9.53 Å². The topological polar surface area (TPSA) is 39.2 Å². The highest BCUT2D eigenvalue weighted by Gasteiger charge is 2.41. The van der Waals surface area contributed by atoms with Crippen molar-refractivity contribution in [1.82, 2.24) is 4.98 Å². The summed E-state index contributed by atoms with van der Waals surface area (Å²) in [4.78, 5) is 16.4. The molecule has 0 saturated heterocycles. The maximum Gasteiger partial charge on any atom is 0.340 e. The first-order valence-electron chi connectivity index (χ1n) is 8.35. The zero-order chi connectivity index (χ0) is 16.6. The molecule has 0 radical (unpaired) electrons. The fourth-order valence-corrected chi connectivity index (χ4v) is 3.86. The van der Waals surface area contributed by atoms with Crippen LogP contribution < -0.4 is 0 Å². The second-order valence-electron chi connectivity index (χ2n) is 7.56. The molecule has 1 saturated carbocycles. The van der Waals surface area contributed by atoms with Crippen molar-refractivity contribution in [3.05, 3.63) is 53.4 Å². The first-order chi connectivity index (χ1) is 10.9. The summed E-state index contributed by atoms with van der Waals surface area (Å²) in [6.07, 6.45) is 7.14. The minimum atomic E-state index is -0.290. The quantitative estimate of drug-likeness (QED) is 0.586. The number of hydrogen-bond acceptors (Lipinski definition) is 3. The van der Waals surface area contributed by atoms with Gasteiger partial charge in [-0.05, 0) is 38.3 Å². The molecule has 1 aromatic heterocycles. The number of rotatable bonds is 2. The van der Waals surface area contributed by atoms with Crippen LogP contribution in [0.25, 0.3) is 0 Å². The number of fused-ring (bicyclic) bond motifs is 1. The Bertz CT molecular complexity index is 657. The van der Waals surface area contributed by atoms with Gasteiger partial charge in [0.2, 0.25) is 0 Å². The third-order valence-corrected chi connectivity index (χ3v) is 5.38. The van der Waals surface area contributed by atoms with Gasteiger partial charge in [0, 0.05) is 30.1 Å². The number of carbonyl (C=O) groups is 1. The van der Waals surface area contributed by atoms with E-state index in [9.17, 15) is 4.79 Å². The third-order valence-electron chi connectivity index (χ3n) is 5.38. The lowest BCUT2D eigenvalue weighted by Gasteiger charge is -2.32. The highest BCUT2D eigenvalue weighted by molar-refractivity contribution is 5.89. The minimum Gasteiger partial charge on any atom is -0.458 e. The van der Waals surface area contributed by atoms with Crippen LogP contribution in [-0.4, -0.2) is 17.1 Å². The van der Waals surface area contributed by atoms with Crippen LogP contribution in [0.5, 0.6) is 0 Å². The second kappa shape index (κ2) is 5.95. The average molecular weight is 311 g/mol. The Kier molecular flexibility index (Phi) is 4.13. The summed E-state index contributed by atoms with van der Waals surface area (Å²) in [6.45, 7) is 10.9. The van der Waals surface area contributed by atoms with Crippen LogP contribution in [0.3, 0.4) is 0 Å². The average Bonchev–Trinajstić information content (AvgIpc) is 2.83.